The molecule has 0 bridgehead atoms. The Labute approximate surface area is 254 Å². The molecule has 1 aliphatic rings. The van der Waals surface area contributed by atoms with E-state index in [1.165, 1.54) is 29.9 Å². The SMILES string of the molecule is CCOC(=O)C1=C(C)N=c2s/c(=C/c3cccc(OC)c3OCc3ccc(Cl)cc3)c(=O)n2[C@H]1c1cccc([N+](=O)[O-])c1. The lowest BCUT2D eigenvalue weighted by Gasteiger charge is -2.24. The van der Waals surface area contributed by atoms with E-state index in [9.17, 15) is 19.7 Å². The van der Waals surface area contributed by atoms with E-state index < -0.39 is 22.5 Å². The molecular formula is C31H26ClN3O7S. The number of para-hydroxylation sites is 1. The van der Waals surface area contributed by atoms with Crippen LogP contribution in [0.2, 0.25) is 5.02 Å². The average Bonchev–Trinajstić information content (AvgIpc) is 3.30. The second-order valence-electron chi connectivity index (χ2n) is 9.45. The molecule has 2 heterocycles. The summed E-state index contributed by atoms with van der Waals surface area (Å²) in [5, 5.41) is 12.2. The summed E-state index contributed by atoms with van der Waals surface area (Å²) in [4.78, 5) is 43.1. The van der Waals surface area contributed by atoms with Gasteiger partial charge < -0.3 is 14.2 Å². The van der Waals surface area contributed by atoms with Crippen molar-refractivity contribution in [1.82, 2.24) is 4.57 Å². The Balaban J connectivity index is 1.65. The summed E-state index contributed by atoms with van der Waals surface area (Å²) >= 11 is 7.14. The molecular weight excluding hydrogens is 594 g/mol. The predicted molar refractivity (Wildman–Crippen MR) is 162 cm³/mol. The number of non-ortho nitro benzene ring substituents is 1. The topological polar surface area (TPSA) is 122 Å². The lowest BCUT2D eigenvalue weighted by atomic mass is 9.95. The summed E-state index contributed by atoms with van der Waals surface area (Å²) in [5.41, 5.74) is 1.75. The minimum atomic E-state index is -0.983. The zero-order valence-electron chi connectivity index (χ0n) is 23.4. The molecule has 0 fully saturated rings. The number of halogens is 1. The molecule has 1 aromatic heterocycles. The molecule has 0 unspecified atom stereocenters. The fourth-order valence-corrected chi connectivity index (χ4v) is 5.92. The quantitative estimate of drug-likeness (QED) is 0.148. The van der Waals surface area contributed by atoms with Gasteiger partial charge in [-0.2, -0.15) is 0 Å². The monoisotopic (exact) mass is 619 g/mol. The maximum atomic E-state index is 14.0. The van der Waals surface area contributed by atoms with Crippen molar-refractivity contribution in [2.75, 3.05) is 13.7 Å². The largest absolute Gasteiger partial charge is 0.493 e. The van der Waals surface area contributed by atoms with Gasteiger partial charge in [-0.1, -0.05) is 59.3 Å². The molecule has 3 aromatic carbocycles. The number of thiazole rings is 1. The number of methoxy groups -OCH3 is 1. The van der Waals surface area contributed by atoms with E-state index in [1.54, 1.807) is 56.3 Å². The van der Waals surface area contributed by atoms with Crippen LogP contribution in [0.3, 0.4) is 0 Å². The van der Waals surface area contributed by atoms with Crippen LogP contribution in [0, 0.1) is 10.1 Å². The van der Waals surface area contributed by atoms with Gasteiger partial charge in [0.2, 0.25) is 0 Å². The Morgan fingerprint density at radius 1 is 1.16 bits per heavy atom. The third kappa shape index (κ3) is 6.08. The van der Waals surface area contributed by atoms with Gasteiger partial charge in [-0.25, -0.2) is 9.79 Å². The number of esters is 1. The molecule has 0 amide bonds. The van der Waals surface area contributed by atoms with Gasteiger partial charge in [0.25, 0.3) is 11.2 Å². The van der Waals surface area contributed by atoms with Crippen LogP contribution in [0.5, 0.6) is 11.5 Å². The molecule has 220 valence electrons. The van der Waals surface area contributed by atoms with E-state index in [-0.39, 0.29) is 24.5 Å². The van der Waals surface area contributed by atoms with Crippen LogP contribution in [0.1, 0.15) is 36.6 Å². The molecule has 5 rings (SSSR count). The second-order valence-corrected chi connectivity index (χ2v) is 10.9. The lowest BCUT2D eigenvalue weighted by Crippen LogP contribution is -2.40. The number of benzene rings is 3. The number of carbonyl (C=O) groups excluding carboxylic acids is 1. The van der Waals surface area contributed by atoms with Crippen LogP contribution in [0.25, 0.3) is 6.08 Å². The molecule has 1 atom stereocenters. The summed E-state index contributed by atoms with van der Waals surface area (Å²) in [5.74, 6) is 0.259. The molecule has 1 aliphatic heterocycles. The highest BCUT2D eigenvalue weighted by atomic mass is 35.5. The third-order valence-corrected chi connectivity index (χ3v) is 7.96. The number of rotatable bonds is 9. The average molecular weight is 620 g/mol. The molecule has 12 heteroatoms. The van der Waals surface area contributed by atoms with Crippen LogP contribution in [0.4, 0.5) is 5.69 Å². The van der Waals surface area contributed by atoms with Crippen LogP contribution < -0.4 is 24.4 Å². The van der Waals surface area contributed by atoms with E-state index in [2.05, 4.69) is 4.99 Å². The predicted octanol–water partition coefficient (Wildman–Crippen LogP) is 4.95. The molecule has 0 saturated carbocycles. The fourth-order valence-electron chi connectivity index (χ4n) is 4.75. The first-order valence-corrected chi connectivity index (χ1v) is 14.4. The zero-order chi connectivity index (χ0) is 30.7. The molecule has 0 radical (unpaired) electrons. The lowest BCUT2D eigenvalue weighted by molar-refractivity contribution is -0.384. The van der Waals surface area contributed by atoms with Crippen molar-refractivity contribution in [3.8, 4) is 11.5 Å². The summed E-state index contributed by atoms with van der Waals surface area (Å²) in [7, 11) is 1.53. The van der Waals surface area contributed by atoms with Crippen LogP contribution in [-0.4, -0.2) is 29.2 Å². The standard InChI is InChI=1S/C31H26ClN3O7S/c1-4-41-30(37)26-18(2)33-31-34(27(26)20-7-5-9-23(15-20)35(38)39)29(36)25(43-31)16-21-8-6-10-24(40-3)28(21)42-17-19-11-13-22(32)14-12-19/h5-16,27H,4,17H2,1-3H3/b25-16+/t27-/m0/s1. The Bertz CT molecular complexity index is 1930. The minimum absolute atomic E-state index is 0.107. The highest BCUT2D eigenvalue weighted by Gasteiger charge is 2.34. The first-order chi connectivity index (χ1) is 20.7. The van der Waals surface area contributed by atoms with Gasteiger partial charge in [-0.05, 0) is 49.2 Å². The Hall–Kier alpha value is -4.74. The first-order valence-electron chi connectivity index (χ1n) is 13.2. The number of hydrogen-bond acceptors (Lipinski definition) is 9. The van der Waals surface area contributed by atoms with Crippen molar-refractivity contribution in [3.63, 3.8) is 0 Å². The Morgan fingerprint density at radius 2 is 1.91 bits per heavy atom. The zero-order valence-corrected chi connectivity index (χ0v) is 25.0. The number of carbonyl (C=O) groups is 1. The van der Waals surface area contributed by atoms with Crippen LogP contribution in [0.15, 0.2) is 87.8 Å². The molecule has 0 N–H and O–H groups in total. The number of allylic oxidation sites excluding steroid dienone is 1. The molecule has 43 heavy (non-hydrogen) atoms. The summed E-state index contributed by atoms with van der Waals surface area (Å²) in [6.45, 7) is 3.66. The summed E-state index contributed by atoms with van der Waals surface area (Å²) < 4.78 is 18.7. The molecule has 0 aliphatic carbocycles. The smallest absolute Gasteiger partial charge is 0.338 e. The van der Waals surface area contributed by atoms with Gasteiger partial charge in [0.1, 0.15) is 6.61 Å². The van der Waals surface area contributed by atoms with E-state index in [0.717, 1.165) is 16.9 Å². The van der Waals surface area contributed by atoms with Crippen molar-refractivity contribution >= 4 is 40.7 Å². The van der Waals surface area contributed by atoms with Gasteiger partial charge >= 0.3 is 5.97 Å². The number of ether oxygens (including phenoxy) is 3. The number of nitro groups is 1. The minimum Gasteiger partial charge on any atom is -0.493 e. The van der Waals surface area contributed by atoms with Crippen molar-refractivity contribution < 1.29 is 23.9 Å². The third-order valence-electron chi connectivity index (χ3n) is 6.73. The Kier molecular flexibility index (Phi) is 8.74. The molecule has 0 saturated heterocycles. The highest BCUT2D eigenvalue weighted by molar-refractivity contribution is 7.07. The van der Waals surface area contributed by atoms with Gasteiger partial charge in [0.05, 0.1) is 40.5 Å². The van der Waals surface area contributed by atoms with Crippen LogP contribution >= 0.6 is 22.9 Å². The maximum Gasteiger partial charge on any atom is 0.338 e. The number of hydrogen-bond donors (Lipinski definition) is 0. The van der Waals surface area contributed by atoms with Gasteiger partial charge in [0, 0.05) is 22.7 Å². The van der Waals surface area contributed by atoms with Gasteiger partial charge in [-0.3, -0.25) is 19.5 Å². The van der Waals surface area contributed by atoms with Gasteiger partial charge in [-0.15, -0.1) is 0 Å². The number of nitro benzene ring substituents is 1. The number of nitrogens with zero attached hydrogens (tertiary/aromatic N) is 3. The second kappa shape index (κ2) is 12.6. The van der Waals surface area contributed by atoms with Crippen LogP contribution in [-0.2, 0) is 16.1 Å². The van der Waals surface area contributed by atoms with E-state index in [1.807, 2.05) is 12.1 Å². The van der Waals surface area contributed by atoms with E-state index in [4.69, 9.17) is 25.8 Å². The van der Waals surface area contributed by atoms with E-state index >= 15 is 0 Å². The number of aromatic nitrogens is 1. The maximum absolute atomic E-state index is 14.0. The van der Waals surface area contributed by atoms with Gasteiger partial charge in [0.15, 0.2) is 16.3 Å². The molecule has 10 nitrogen and oxygen atoms in total. The summed E-state index contributed by atoms with van der Waals surface area (Å²) in [6.07, 6.45) is 1.68. The first kappa shape index (κ1) is 29.7. The van der Waals surface area contributed by atoms with Crippen molar-refractivity contribution in [2.24, 2.45) is 4.99 Å². The van der Waals surface area contributed by atoms with Crippen molar-refractivity contribution in [3.05, 3.63) is 130 Å². The molecule has 0 spiro atoms. The normalized spacial score (nSPS) is 14.6. The van der Waals surface area contributed by atoms with E-state index in [0.29, 0.717) is 42.7 Å². The Morgan fingerprint density at radius 3 is 2.60 bits per heavy atom. The van der Waals surface area contributed by atoms with Crippen molar-refractivity contribution in [2.45, 2.75) is 26.5 Å². The van der Waals surface area contributed by atoms with Crippen molar-refractivity contribution in [1.29, 1.82) is 0 Å². The highest BCUT2D eigenvalue weighted by Crippen LogP contribution is 2.34. The summed E-state index contributed by atoms with van der Waals surface area (Å²) in [6, 6.07) is 17.5. The fraction of sp³-hybridized carbons (Fsp3) is 0.194. The number of fused-ring (bicyclic) bond motifs is 1. The molecule has 4 aromatic rings.